The van der Waals surface area contributed by atoms with E-state index in [0.717, 1.165) is 16.9 Å². The zero-order valence-corrected chi connectivity index (χ0v) is 10.7. The number of carbonyl (C=O) groups excluding carboxylic acids is 1. The zero-order chi connectivity index (χ0) is 13.5. The third-order valence-electron chi connectivity index (χ3n) is 2.60. The number of hydrogen-bond acceptors (Lipinski definition) is 3. The first kappa shape index (κ1) is 12.9. The van der Waals surface area contributed by atoms with Crippen LogP contribution in [-0.2, 0) is 0 Å². The van der Waals surface area contributed by atoms with E-state index in [-0.39, 0.29) is 5.78 Å². The summed E-state index contributed by atoms with van der Waals surface area (Å²) in [4.78, 5) is 15.7. The minimum absolute atomic E-state index is 0.121. The van der Waals surface area contributed by atoms with Crippen LogP contribution in [0.2, 0.25) is 0 Å². The van der Waals surface area contributed by atoms with E-state index in [1.165, 1.54) is 0 Å². The fourth-order valence-corrected chi connectivity index (χ4v) is 1.61. The molecule has 0 spiro atoms. The van der Waals surface area contributed by atoms with E-state index in [2.05, 4.69) is 5.48 Å². The van der Waals surface area contributed by atoms with Gasteiger partial charge in [0, 0.05) is 17.3 Å². The summed E-state index contributed by atoms with van der Waals surface area (Å²) in [5, 5.41) is 0. The van der Waals surface area contributed by atoms with E-state index in [1.54, 1.807) is 13.1 Å². The Hall–Kier alpha value is -2.55. The molecule has 0 aromatic heterocycles. The summed E-state index contributed by atoms with van der Waals surface area (Å²) in [6.07, 6.45) is 3.74. The Bertz CT molecular complexity index is 576. The van der Waals surface area contributed by atoms with E-state index < -0.39 is 0 Å². The molecule has 0 saturated carbocycles. The second-order valence-corrected chi connectivity index (χ2v) is 4.01. The summed E-state index contributed by atoms with van der Waals surface area (Å²) in [7, 11) is 0. The van der Waals surface area contributed by atoms with Crippen molar-refractivity contribution in [2.24, 2.45) is 0 Å². The SMILES string of the molecule is C1=Cc2ccccc2ON1.CC(=O)c1ccccc1. The summed E-state index contributed by atoms with van der Waals surface area (Å²) >= 11 is 0. The van der Waals surface area contributed by atoms with Crippen LogP contribution < -0.4 is 10.3 Å². The molecule has 2 aromatic carbocycles. The summed E-state index contributed by atoms with van der Waals surface area (Å²) in [6, 6.07) is 17.1. The van der Waals surface area contributed by atoms with Crippen LogP contribution in [0.5, 0.6) is 5.75 Å². The lowest BCUT2D eigenvalue weighted by Gasteiger charge is -2.11. The Labute approximate surface area is 112 Å². The van der Waals surface area contributed by atoms with Crippen molar-refractivity contribution in [1.29, 1.82) is 0 Å². The van der Waals surface area contributed by atoms with Crippen LogP contribution in [0, 0.1) is 0 Å². The summed E-state index contributed by atoms with van der Waals surface area (Å²) in [5.41, 5.74) is 4.55. The number of fused-ring (bicyclic) bond motifs is 1. The maximum Gasteiger partial charge on any atom is 0.162 e. The van der Waals surface area contributed by atoms with E-state index >= 15 is 0 Å². The largest absolute Gasteiger partial charge is 0.382 e. The van der Waals surface area contributed by atoms with Gasteiger partial charge >= 0.3 is 0 Å². The van der Waals surface area contributed by atoms with E-state index in [0.29, 0.717) is 0 Å². The molecule has 3 rings (SSSR count). The molecule has 0 bridgehead atoms. The number of nitrogens with one attached hydrogen (secondary N) is 1. The summed E-state index contributed by atoms with van der Waals surface area (Å²) in [5.74, 6) is 1.00. The van der Waals surface area contributed by atoms with Gasteiger partial charge in [-0.15, -0.1) is 0 Å². The summed E-state index contributed by atoms with van der Waals surface area (Å²) < 4.78 is 0. The van der Waals surface area contributed by atoms with Gasteiger partial charge in [0.2, 0.25) is 0 Å². The normalized spacial score (nSPS) is 11.2. The van der Waals surface area contributed by atoms with Crippen LogP contribution in [0.4, 0.5) is 0 Å². The number of para-hydroxylation sites is 1. The standard InChI is InChI=1S/C8H7NO.C8H8O/c1-2-4-8-7(3-1)5-6-9-10-8;1-7(9)8-5-3-2-4-6-8/h1-6,9H;2-6H,1H3. The van der Waals surface area contributed by atoms with Crippen molar-refractivity contribution < 1.29 is 9.63 Å². The molecule has 1 aliphatic rings. The molecular formula is C16H15NO2. The Balaban J connectivity index is 0.000000141. The van der Waals surface area contributed by atoms with Gasteiger partial charge in [-0.25, -0.2) is 5.48 Å². The molecule has 0 amide bonds. The molecule has 0 saturated heterocycles. The molecule has 0 atom stereocenters. The highest BCUT2D eigenvalue weighted by atomic mass is 16.6. The monoisotopic (exact) mass is 253 g/mol. The topological polar surface area (TPSA) is 38.3 Å². The van der Waals surface area contributed by atoms with Crippen molar-refractivity contribution in [3.05, 3.63) is 71.9 Å². The van der Waals surface area contributed by atoms with Gasteiger partial charge in [-0.05, 0) is 19.1 Å². The van der Waals surface area contributed by atoms with Gasteiger partial charge in [-0.2, -0.15) is 0 Å². The van der Waals surface area contributed by atoms with Crippen molar-refractivity contribution in [3.8, 4) is 5.75 Å². The highest BCUT2D eigenvalue weighted by Crippen LogP contribution is 2.20. The van der Waals surface area contributed by atoms with Gasteiger partial charge in [-0.3, -0.25) is 4.79 Å². The van der Waals surface area contributed by atoms with Crippen LogP contribution in [0.1, 0.15) is 22.8 Å². The van der Waals surface area contributed by atoms with Gasteiger partial charge in [-0.1, -0.05) is 48.5 Å². The average Bonchev–Trinajstić information content (AvgIpc) is 2.49. The second-order valence-electron chi connectivity index (χ2n) is 4.01. The van der Waals surface area contributed by atoms with Crippen molar-refractivity contribution >= 4 is 11.9 Å². The molecular weight excluding hydrogens is 238 g/mol. The molecule has 96 valence electrons. The minimum Gasteiger partial charge on any atom is -0.382 e. The Morgan fingerprint density at radius 1 is 1.00 bits per heavy atom. The molecule has 3 heteroatoms. The number of ketones is 1. The Morgan fingerprint density at radius 2 is 1.68 bits per heavy atom. The van der Waals surface area contributed by atoms with Crippen LogP contribution in [-0.4, -0.2) is 5.78 Å². The number of hydroxylamine groups is 1. The molecule has 2 aromatic rings. The molecule has 19 heavy (non-hydrogen) atoms. The minimum atomic E-state index is 0.121. The maximum atomic E-state index is 10.6. The first-order valence-corrected chi connectivity index (χ1v) is 6.01. The molecule has 0 aliphatic carbocycles. The lowest BCUT2D eigenvalue weighted by Crippen LogP contribution is -2.13. The molecule has 3 nitrogen and oxygen atoms in total. The lowest BCUT2D eigenvalue weighted by atomic mass is 10.2. The van der Waals surface area contributed by atoms with Crippen molar-refractivity contribution in [1.82, 2.24) is 5.48 Å². The predicted octanol–water partition coefficient (Wildman–Crippen LogP) is 3.44. The first-order chi connectivity index (χ1) is 9.27. The molecule has 0 fully saturated rings. The van der Waals surface area contributed by atoms with E-state index in [4.69, 9.17) is 4.84 Å². The third-order valence-corrected chi connectivity index (χ3v) is 2.60. The van der Waals surface area contributed by atoms with Gasteiger partial charge < -0.3 is 4.84 Å². The molecule has 0 unspecified atom stereocenters. The molecule has 1 N–H and O–H groups in total. The smallest absolute Gasteiger partial charge is 0.162 e. The lowest BCUT2D eigenvalue weighted by molar-refractivity contribution is 0.101. The molecule has 1 heterocycles. The third kappa shape index (κ3) is 3.71. The van der Waals surface area contributed by atoms with Gasteiger partial charge in [0.05, 0.1) is 0 Å². The van der Waals surface area contributed by atoms with E-state index in [1.807, 2.05) is 60.7 Å². The Morgan fingerprint density at radius 3 is 2.32 bits per heavy atom. The fourth-order valence-electron chi connectivity index (χ4n) is 1.61. The maximum absolute atomic E-state index is 10.6. The van der Waals surface area contributed by atoms with Crippen molar-refractivity contribution in [2.45, 2.75) is 6.92 Å². The van der Waals surface area contributed by atoms with Crippen molar-refractivity contribution in [2.75, 3.05) is 0 Å². The summed E-state index contributed by atoms with van der Waals surface area (Å²) in [6.45, 7) is 1.56. The number of Topliss-reactive ketones (excluding diaryl/α,β-unsaturated/α-hetero) is 1. The number of carbonyl (C=O) groups is 1. The fraction of sp³-hybridized carbons (Fsp3) is 0.0625. The zero-order valence-electron chi connectivity index (χ0n) is 10.7. The number of hydrogen-bond donors (Lipinski definition) is 1. The van der Waals surface area contributed by atoms with Crippen LogP contribution >= 0.6 is 0 Å². The number of rotatable bonds is 1. The highest BCUT2D eigenvalue weighted by Gasteiger charge is 2.01. The van der Waals surface area contributed by atoms with E-state index in [9.17, 15) is 4.79 Å². The predicted molar refractivity (Wildman–Crippen MR) is 75.7 cm³/mol. The van der Waals surface area contributed by atoms with Crippen LogP contribution in [0.15, 0.2) is 60.8 Å². The Kier molecular flexibility index (Phi) is 4.34. The second kappa shape index (κ2) is 6.40. The molecule has 0 radical (unpaired) electrons. The van der Waals surface area contributed by atoms with Crippen LogP contribution in [0.3, 0.4) is 0 Å². The molecule has 1 aliphatic heterocycles. The van der Waals surface area contributed by atoms with Crippen molar-refractivity contribution in [3.63, 3.8) is 0 Å². The van der Waals surface area contributed by atoms with Gasteiger partial charge in [0.25, 0.3) is 0 Å². The average molecular weight is 253 g/mol. The van der Waals surface area contributed by atoms with Gasteiger partial charge in [0.1, 0.15) is 0 Å². The highest BCUT2D eigenvalue weighted by molar-refractivity contribution is 5.93. The quantitative estimate of drug-likeness (QED) is 0.791. The van der Waals surface area contributed by atoms with Gasteiger partial charge in [0.15, 0.2) is 11.5 Å². The number of benzene rings is 2. The van der Waals surface area contributed by atoms with Crippen LogP contribution in [0.25, 0.3) is 6.08 Å². The first-order valence-electron chi connectivity index (χ1n) is 6.01.